The lowest BCUT2D eigenvalue weighted by Gasteiger charge is -2.06. The maximum Gasteiger partial charge on any atom is 0.251 e. The molecule has 0 unspecified atom stereocenters. The quantitative estimate of drug-likeness (QED) is 0.662. The van der Waals surface area contributed by atoms with Gasteiger partial charge in [0.1, 0.15) is 0 Å². The smallest absolute Gasteiger partial charge is 0.251 e. The van der Waals surface area contributed by atoms with E-state index in [2.05, 4.69) is 5.32 Å². The van der Waals surface area contributed by atoms with Gasteiger partial charge in [-0.1, -0.05) is 42.5 Å². The van der Waals surface area contributed by atoms with Crippen LogP contribution in [0.25, 0.3) is 11.1 Å². The standard InChI is InChI=1S/C21H19NO2S/c1-15(23)20-12-11-19(25-20)13-14-22-21(24)18-9-7-17(8-10-18)16-5-3-2-4-6-16/h2-12H,13-14H2,1H3,(H,22,24). The fraction of sp³-hybridized carbons (Fsp3) is 0.143. The van der Waals surface area contributed by atoms with Gasteiger partial charge in [-0.2, -0.15) is 0 Å². The summed E-state index contributed by atoms with van der Waals surface area (Å²) >= 11 is 1.49. The fourth-order valence-corrected chi connectivity index (χ4v) is 3.45. The summed E-state index contributed by atoms with van der Waals surface area (Å²) in [4.78, 5) is 25.4. The predicted octanol–water partition coefficient (Wildman–Crippen LogP) is 4.59. The van der Waals surface area contributed by atoms with E-state index in [1.54, 1.807) is 6.92 Å². The summed E-state index contributed by atoms with van der Waals surface area (Å²) in [6.07, 6.45) is 0.728. The number of nitrogens with one attached hydrogen (secondary N) is 1. The molecule has 1 amide bonds. The van der Waals surface area contributed by atoms with Crippen molar-refractivity contribution >= 4 is 23.0 Å². The molecule has 0 bridgehead atoms. The summed E-state index contributed by atoms with van der Waals surface area (Å²) in [5.41, 5.74) is 2.87. The number of carbonyl (C=O) groups excluding carboxylic acids is 2. The minimum Gasteiger partial charge on any atom is -0.352 e. The van der Waals surface area contributed by atoms with E-state index in [9.17, 15) is 9.59 Å². The molecular weight excluding hydrogens is 330 g/mol. The normalized spacial score (nSPS) is 10.4. The van der Waals surface area contributed by atoms with Gasteiger partial charge >= 0.3 is 0 Å². The molecule has 0 saturated carbocycles. The van der Waals surface area contributed by atoms with Crippen LogP contribution in [0.3, 0.4) is 0 Å². The number of hydrogen-bond acceptors (Lipinski definition) is 3. The molecule has 3 nitrogen and oxygen atoms in total. The molecular formula is C21H19NO2S. The number of amides is 1. The van der Waals surface area contributed by atoms with E-state index in [0.717, 1.165) is 27.3 Å². The van der Waals surface area contributed by atoms with E-state index >= 15 is 0 Å². The summed E-state index contributed by atoms with van der Waals surface area (Å²) in [7, 11) is 0. The number of hydrogen-bond donors (Lipinski definition) is 1. The Kier molecular flexibility index (Phi) is 5.41. The average Bonchev–Trinajstić information content (AvgIpc) is 3.12. The molecule has 4 heteroatoms. The molecule has 25 heavy (non-hydrogen) atoms. The number of benzene rings is 2. The second-order valence-electron chi connectivity index (χ2n) is 5.77. The Bertz CT molecular complexity index is 866. The van der Waals surface area contributed by atoms with Crippen LogP contribution in [0.2, 0.25) is 0 Å². The van der Waals surface area contributed by atoms with Crippen LogP contribution in [0.15, 0.2) is 66.7 Å². The maximum absolute atomic E-state index is 12.2. The highest BCUT2D eigenvalue weighted by atomic mass is 32.1. The van der Waals surface area contributed by atoms with Gasteiger partial charge in [-0.05, 0) is 48.7 Å². The molecule has 1 N–H and O–H groups in total. The predicted molar refractivity (Wildman–Crippen MR) is 102 cm³/mol. The van der Waals surface area contributed by atoms with Crippen molar-refractivity contribution in [2.24, 2.45) is 0 Å². The summed E-state index contributed by atoms with van der Waals surface area (Å²) in [6.45, 7) is 2.12. The number of rotatable bonds is 6. The summed E-state index contributed by atoms with van der Waals surface area (Å²) in [5, 5.41) is 2.93. The zero-order valence-electron chi connectivity index (χ0n) is 14.0. The van der Waals surface area contributed by atoms with Gasteiger partial charge in [0.15, 0.2) is 5.78 Å². The van der Waals surface area contributed by atoms with Crippen molar-refractivity contribution in [1.82, 2.24) is 5.32 Å². The number of thiophene rings is 1. The SMILES string of the molecule is CC(=O)c1ccc(CCNC(=O)c2ccc(-c3ccccc3)cc2)s1. The van der Waals surface area contributed by atoms with Crippen molar-refractivity contribution in [2.75, 3.05) is 6.54 Å². The Hall–Kier alpha value is -2.72. The molecule has 0 radical (unpaired) electrons. The molecule has 0 spiro atoms. The number of ketones is 1. The van der Waals surface area contributed by atoms with Gasteiger partial charge in [-0.25, -0.2) is 0 Å². The van der Waals surface area contributed by atoms with E-state index in [4.69, 9.17) is 0 Å². The molecule has 0 aliphatic rings. The summed E-state index contributed by atoms with van der Waals surface area (Å²) < 4.78 is 0. The number of Topliss-reactive ketones (excluding diaryl/α,β-unsaturated/α-hetero) is 1. The highest BCUT2D eigenvalue weighted by Crippen LogP contribution is 2.19. The molecule has 0 fully saturated rings. The minimum atomic E-state index is -0.0806. The topological polar surface area (TPSA) is 46.2 Å². The first-order valence-corrected chi connectivity index (χ1v) is 8.98. The van der Waals surface area contributed by atoms with Crippen LogP contribution in [0, 0.1) is 0 Å². The van der Waals surface area contributed by atoms with Gasteiger partial charge in [0.2, 0.25) is 0 Å². The molecule has 1 aromatic heterocycles. The van der Waals surface area contributed by atoms with Gasteiger partial charge in [-0.3, -0.25) is 9.59 Å². The molecule has 3 rings (SSSR count). The first-order valence-electron chi connectivity index (χ1n) is 8.17. The van der Waals surface area contributed by atoms with Crippen LogP contribution in [-0.2, 0) is 6.42 Å². The molecule has 0 aliphatic heterocycles. The monoisotopic (exact) mass is 349 g/mol. The van der Waals surface area contributed by atoms with Crippen LogP contribution in [0.4, 0.5) is 0 Å². The first-order chi connectivity index (χ1) is 12.1. The average molecular weight is 349 g/mol. The Morgan fingerprint density at radius 2 is 1.56 bits per heavy atom. The fourth-order valence-electron chi connectivity index (χ4n) is 2.55. The van der Waals surface area contributed by atoms with Gasteiger partial charge in [0.05, 0.1) is 4.88 Å². The van der Waals surface area contributed by atoms with E-state index < -0.39 is 0 Å². The maximum atomic E-state index is 12.2. The molecule has 0 saturated heterocycles. The summed E-state index contributed by atoms with van der Waals surface area (Å²) in [6, 6.07) is 21.5. The first kappa shape index (κ1) is 17.1. The Labute approximate surface area is 151 Å². The van der Waals surface area contributed by atoms with Gasteiger partial charge in [0, 0.05) is 17.0 Å². The molecule has 1 heterocycles. The third-order valence-electron chi connectivity index (χ3n) is 3.92. The van der Waals surface area contributed by atoms with Crippen LogP contribution in [0.5, 0.6) is 0 Å². The largest absolute Gasteiger partial charge is 0.352 e. The lowest BCUT2D eigenvalue weighted by molar-refractivity contribution is 0.0953. The van der Waals surface area contributed by atoms with Crippen molar-refractivity contribution in [3.63, 3.8) is 0 Å². The zero-order chi connectivity index (χ0) is 17.6. The number of carbonyl (C=O) groups is 2. The highest BCUT2D eigenvalue weighted by Gasteiger charge is 2.07. The second kappa shape index (κ2) is 7.90. The highest BCUT2D eigenvalue weighted by molar-refractivity contribution is 7.14. The lowest BCUT2D eigenvalue weighted by Crippen LogP contribution is -2.25. The second-order valence-corrected chi connectivity index (χ2v) is 6.94. The van der Waals surface area contributed by atoms with Crippen LogP contribution in [-0.4, -0.2) is 18.2 Å². The van der Waals surface area contributed by atoms with Crippen molar-refractivity contribution in [1.29, 1.82) is 0 Å². The van der Waals surface area contributed by atoms with Crippen LogP contribution >= 0.6 is 11.3 Å². The van der Waals surface area contributed by atoms with Crippen LogP contribution < -0.4 is 5.32 Å². The minimum absolute atomic E-state index is 0.0806. The van der Waals surface area contributed by atoms with Crippen LogP contribution in [0.1, 0.15) is 31.8 Å². The summed E-state index contributed by atoms with van der Waals surface area (Å²) in [5.74, 6) is 0.00162. The zero-order valence-corrected chi connectivity index (χ0v) is 14.8. The Balaban J connectivity index is 1.55. The van der Waals surface area contributed by atoms with Gasteiger partial charge < -0.3 is 5.32 Å². The van der Waals surface area contributed by atoms with E-state index in [0.29, 0.717) is 12.1 Å². The molecule has 126 valence electrons. The van der Waals surface area contributed by atoms with Crippen molar-refractivity contribution in [3.05, 3.63) is 82.0 Å². The van der Waals surface area contributed by atoms with Gasteiger partial charge in [0.25, 0.3) is 5.91 Å². The van der Waals surface area contributed by atoms with E-state index in [-0.39, 0.29) is 11.7 Å². The molecule has 0 aliphatic carbocycles. The third kappa shape index (κ3) is 4.43. The lowest BCUT2D eigenvalue weighted by atomic mass is 10.0. The van der Waals surface area contributed by atoms with E-state index in [1.165, 1.54) is 11.3 Å². The van der Waals surface area contributed by atoms with Crippen molar-refractivity contribution in [2.45, 2.75) is 13.3 Å². The Morgan fingerprint density at radius 3 is 2.20 bits per heavy atom. The third-order valence-corrected chi connectivity index (χ3v) is 5.17. The van der Waals surface area contributed by atoms with E-state index in [1.807, 2.05) is 66.7 Å². The Morgan fingerprint density at radius 1 is 0.880 bits per heavy atom. The van der Waals surface area contributed by atoms with Gasteiger partial charge in [-0.15, -0.1) is 11.3 Å². The van der Waals surface area contributed by atoms with Crippen molar-refractivity contribution < 1.29 is 9.59 Å². The molecule has 2 aromatic carbocycles. The molecule has 3 aromatic rings. The van der Waals surface area contributed by atoms with Crippen molar-refractivity contribution in [3.8, 4) is 11.1 Å². The molecule has 0 atom stereocenters.